The second kappa shape index (κ2) is 5.68. The van der Waals surface area contributed by atoms with Gasteiger partial charge in [0.15, 0.2) is 0 Å². The summed E-state index contributed by atoms with van der Waals surface area (Å²) >= 11 is 0. The fraction of sp³-hybridized carbons (Fsp3) is 0.636. The fourth-order valence-corrected chi connectivity index (χ4v) is 1.06. The highest BCUT2D eigenvalue weighted by Gasteiger charge is 2.22. The van der Waals surface area contributed by atoms with Crippen molar-refractivity contribution in [1.82, 2.24) is 0 Å². The first kappa shape index (κ1) is 12.1. The van der Waals surface area contributed by atoms with Gasteiger partial charge in [0.1, 0.15) is 11.6 Å². The van der Waals surface area contributed by atoms with Crippen LogP contribution in [-0.4, -0.2) is 11.6 Å². The molecule has 13 heavy (non-hydrogen) atoms. The number of allylic oxidation sites excluding steroid dienone is 2. The van der Waals surface area contributed by atoms with E-state index in [-0.39, 0.29) is 17.5 Å². The van der Waals surface area contributed by atoms with Gasteiger partial charge in [0, 0.05) is 5.92 Å². The summed E-state index contributed by atoms with van der Waals surface area (Å²) in [6.07, 6.45) is 4.44. The Balaban J connectivity index is 4.52. The van der Waals surface area contributed by atoms with E-state index < -0.39 is 5.92 Å². The third kappa shape index (κ3) is 4.02. The summed E-state index contributed by atoms with van der Waals surface area (Å²) in [6, 6.07) is 0. The minimum Gasteiger partial charge on any atom is -0.299 e. The van der Waals surface area contributed by atoms with Gasteiger partial charge in [-0.05, 0) is 13.3 Å². The van der Waals surface area contributed by atoms with E-state index in [4.69, 9.17) is 0 Å². The van der Waals surface area contributed by atoms with Crippen LogP contribution in [0.1, 0.15) is 34.1 Å². The molecule has 0 saturated heterocycles. The number of hydrogen-bond donors (Lipinski definition) is 0. The summed E-state index contributed by atoms with van der Waals surface area (Å²) in [5.74, 6) is -0.657. The Morgan fingerprint density at radius 2 is 1.85 bits per heavy atom. The van der Waals surface area contributed by atoms with Crippen molar-refractivity contribution in [2.75, 3.05) is 0 Å². The maximum absolute atomic E-state index is 11.5. The zero-order valence-corrected chi connectivity index (χ0v) is 8.83. The van der Waals surface area contributed by atoms with E-state index in [9.17, 15) is 9.59 Å². The molecule has 0 radical (unpaired) electrons. The second-order valence-electron chi connectivity index (χ2n) is 3.48. The van der Waals surface area contributed by atoms with Crippen LogP contribution in [0.3, 0.4) is 0 Å². The van der Waals surface area contributed by atoms with Crippen molar-refractivity contribution in [3.8, 4) is 0 Å². The fourth-order valence-electron chi connectivity index (χ4n) is 1.06. The Morgan fingerprint density at radius 1 is 1.31 bits per heavy atom. The molecule has 74 valence electrons. The van der Waals surface area contributed by atoms with Crippen LogP contribution < -0.4 is 0 Å². The molecule has 0 rings (SSSR count). The predicted octanol–water partition coefficient (Wildman–Crippen LogP) is 2.38. The molecule has 0 heterocycles. The standard InChI is InChI=1S/C11H18O2/c1-5-6-7-10(9(4)12)11(13)8(2)3/h6-8,10H,5H2,1-4H3/b7-6+. The van der Waals surface area contributed by atoms with Crippen LogP contribution in [0.2, 0.25) is 0 Å². The van der Waals surface area contributed by atoms with Gasteiger partial charge in [0.2, 0.25) is 0 Å². The normalized spacial score (nSPS) is 13.6. The first-order valence-electron chi connectivity index (χ1n) is 4.71. The van der Waals surface area contributed by atoms with E-state index in [1.165, 1.54) is 6.92 Å². The average molecular weight is 182 g/mol. The lowest BCUT2D eigenvalue weighted by molar-refractivity contribution is -0.131. The monoisotopic (exact) mass is 182 g/mol. The summed E-state index contributed by atoms with van der Waals surface area (Å²) in [6.45, 7) is 7.08. The molecule has 0 aromatic rings. The summed E-state index contributed by atoms with van der Waals surface area (Å²) in [5.41, 5.74) is 0. The van der Waals surface area contributed by atoms with Crippen molar-refractivity contribution in [2.45, 2.75) is 34.1 Å². The van der Waals surface area contributed by atoms with Crippen LogP contribution in [0.5, 0.6) is 0 Å². The van der Waals surface area contributed by atoms with Gasteiger partial charge in [0.05, 0.1) is 5.92 Å². The molecular weight excluding hydrogens is 164 g/mol. The maximum Gasteiger partial charge on any atom is 0.149 e. The molecule has 0 N–H and O–H groups in total. The SMILES string of the molecule is CC/C=C/C(C(C)=O)C(=O)C(C)C. The van der Waals surface area contributed by atoms with E-state index >= 15 is 0 Å². The van der Waals surface area contributed by atoms with Crippen LogP contribution in [0, 0.1) is 11.8 Å². The average Bonchev–Trinajstić information content (AvgIpc) is 2.04. The van der Waals surface area contributed by atoms with Gasteiger partial charge in [-0.15, -0.1) is 0 Å². The Labute approximate surface area is 80.0 Å². The number of hydrogen-bond acceptors (Lipinski definition) is 2. The summed E-state index contributed by atoms with van der Waals surface area (Å²) < 4.78 is 0. The molecule has 0 amide bonds. The topological polar surface area (TPSA) is 34.1 Å². The van der Waals surface area contributed by atoms with Gasteiger partial charge in [-0.3, -0.25) is 9.59 Å². The van der Waals surface area contributed by atoms with Crippen LogP contribution >= 0.6 is 0 Å². The molecule has 0 aliphatic rings. The van der Waals surface area contributed by atoms with Crippen LogP contribution in [-0.2, 0) is 9.59 Å². The van der Waals surface area contributed by atoms with Crippen molar-refractivity contribution in [3.05, 3.63) is 12.2 Å². The predicted molar refractivity (Wildman–Crippen MR) is 53.4 cm³/mol. The maximum atomic E-state index is 11.5. The van der Waals surface area contributed by atoms with E-state index in [2.05, 4.69) is 0 Å². The number of rotatable bonds is 5. The van der Waals surface area contributed by atoms with Crippen molar-refractivity contribution in [3.63, 3.8) is 0 Å². The van der Waals surface area contributed by atoms with Crippen molar-refractivity contribution < 1.29 is 9.59 Å². The van der Waals surface area contributed by atoms with Gasteiger partial charge in [-0.1, -0.05) is 32.9 Å². The van der Waals surface area contributed by atoms with Gasteiger partial charge < -0.3 is 0 Å². The molecule has 0 fully saturated rings. The van der Waals surface area contributed by atoms with E-state index in [1.54, 1.807) is 6.08 Å². The zero-order chi connectivity index (χ0) is 10.4. The lowest BCUT2D eigenvalue weighted by Gasteiger charge is -2.10. The molecule has 0 bridgehead atoms. The van der Waals surface area contributed by atoms with E-state index in [0.717, 1.165) is 6.42 Å². The lowest BCUT2D eigenvalue weighted by atomic mass is 9.92. The van der Waals surface area contributed by atoms with Crippen molar-refractivity contribution in [1.29, 1.82) is 0 Å². The molecule has 1 unspecified atom stereocenters. The molecule has 0 aromatic heterocycles. The summed E-state index contributed by atoms with van der Waals surface area (Å²) in [7, 11) is 0. The third-order valence-electron chi connectivity index (χ3n) is 1.88. The minimum absolute atomic E-state index is 0.0113. The molecule has 0 aliphatic carbocycles. The number of Topliss-reactive ketones (excluding diaryl/α,β-unsaturated/α-hetero) is 2. The second-order valence-corrected chi connectivity index (χ2v) is 3.48. The van der Waals surface area contributed by atoms with Crippen LogP contribution in [0.4, 0.5) is 0 Å². The van der Waals surface area contributed by atoms with Gasteiger partial charge in [-0.2, -0.15) is 0 Å². The van der Waals surface area contributed by atoms with Crippen LogP contribution in [0.15, 0.2) is 12.2 Å². The largest absolute Gasteiger partial charge is 0.299 e. The number of carbonyl (C=O) groups is 2. The van der Waals surface area contributed by atoms with Crippen molar-refractivity contribution >= 4 is 11.6 Å². The highest BCUT2D eigenvalue weighted by Crippen LogP contribution is 2.10. The zero-order valence-electron chi connectivity index (χ0n) is 8.83. The molecule has 0 saturated carbocycles. The molecule has 2 nitrogen and oxygen atoms in total. The Hall–Kier alpha value is -0.920. The molecular formula is C11H18O2. The Bertz CT molecular complexity index is 214. The van der Waals surface area contributed by atoms with Gasteiger partial charge >= 0.3 is 0 Å². The Morgan fingerprint density at radius 3 is 2.15 bits per heavy atom. The minimum atomic E-state index is -0.528. The molecule has 0 aliphatic heterocycles. The van der Waals surface area contributed by atoms with Crippen LogP contribution in [0.25, 0.3) is 0 Å². The Kier molecular flexibility index (Phi) is 5.28. The highest BCUT2D eigenvalue weighted by molar-refractivity contribution is 6.03. The third-order valence-corrected chi connectivity index (χ3v) is 1.88. The highest BCUT2D eigenvalue weighted by atomic mass is 16.1. The molecule has 2 heteroatoms. The first-order chi connectivity index (χ1) is 6.00. The van der Waals surface area contributed by atoms with Gasteiger partial charge in [-0.25, -0.2) is 0 Å². The number of ketones is 2. The lowest BCUT2D eigenvalue weighted by Crippen LogP contribution is -2.24. The molecule has 1 atom stereocenters. The molecule has 0 spiro atoms. The summed E-state index contributed by atoms with van der Waals surface area (Å²) in [5, 5.41) is 0. The molecule has 0 aromatic carbocycles. The van der Waals surface area contributed by atoms with Crippen molar-refractivity contribution in [2.24, 2.45) is 11.8 Å². The van der Waals surface area contributed by atoms with E-state index in [0.29, 0.717) is 0 Å². The summed E-state index contributed by atoms with van der Waals surface area (Å²) in [4.78, 5) is 22.6. The van der Waals surface area contributed by atoms with E-state index in [1.807, 2.05) is 26.8 Å². The smallest absolute Gasteiger partial charge is 0.149 e. The van der Waals surface area contributed by atoms with Gasteiger partial charge in [0.25, 0.3) is 0 Å². The quantitative estimate of drug-likeness (QED) is 0.483. The first-order valence-corrected chi connectivity index (χ1v) is 4.71. The number of carbonyl (C=O) groups excluding carboxylic acids is 2.